The predicted molar refractivity (Wildman–Crippen MR) is 76.9 cm³/mol. The van der Waals surface area contributed by atoms with Gasteiger partial charge in [0.05, 0.1) is 18.4 Å². The Morgan fingerprint density at radius 3 is 2.47 bits per heavy atom. The molecular weight excluding hydrogens is 246 g/mol. The SMILES string of the molecule is CCOCC(=O)Nc1ccc(N=CN)cc1.N=CN. The maximum atomic E-state index is 11.3. The van der Waals surface area contributed by atoms with Crippen LogP contribution < -0.4 is 16.8 Å². The zero-order chi connectivity index (χ0) is 14.5. The molecule has 0 fully saturated rings. The van der Waals surface area contributed by atoms with Gasteiger partial charge in [0.25, 0.3) is 0 Å². The van der Waals surface area contributed by atoms with Crippen LogP contribution >= 0.6 is 0 Å². The Kier molecular flexibility index (Phi) is 9.37. The number of ether oxygens (including phenoxy) is 1. The maximum absolute atomic E-state index is 11.3. The van der Waals surface area contributed by atoms with Gasteiger partial charge in [-0.1, -0.05) is 0 Å². The summed E-state index contributed by atoms with van der Waals surface area (Å²) in [5.41, 5.74) is 11.0. The van der Waals surface area contributed by atoms with Crippen LogP contribution in [0.1, 0.15) is 6.92 Å². The second kappa shape index (κ2) is 10.7. The molecule has 6 N–H and O–H groups in total. The maximum Gasteiger partial charge on any atom is 0.250 e. The number of benzene rings is 1. The third-order valence-corrected chi connectivity index (χ3v) is 1.81. The van der Waals surface area contributed by atoms with E-state index in [0.717, 1.165) is 12.0 Å². The molecule has 1 rings (SSSR count). The number of carbonyl (C=O) groups excluding carboxylic acids is 1. The second-order valence-electron chi connectivity index (χ2n) is 3.18. The van der Waals surface area contributed by atoms with Crippen LogP contribution in [0.15, 0.2) is 29.3 Å². The Hall–Kier alpha value is -2.41. The zero-order valence-electron chi connectivity index (χ0n) is 10.8. The van der Waals surface area contributed by atoms with Crippen molar-refractivity contribution in [1.82, 2.24) is 0 Å². The van der Waals surface area contributed by atoms with Gasteiger partial charge in [-0.15, -0.1) is 0 Å². The van der Waals surface area contributed by atoms with E-state index in [9.17, 15) is 4.79 Å². The van der Waals surface area contributed by atoms with Crippen LogP contribution in [0.2, 0.25) is 0 Å². The monoisotopic (exact) mass is 265 g/mol. The average molecular weight is 265 g/mol. The molecule has 1 amide bonds. The molecule has 0 aliphatic rings. The van der Waals surface area contributed by atoms with Gasteiger partial charge >= 0.3 is 0 Å². The molecule has 7 heteroatoms. The van der Waals surface area contributed by atoms with Crippen LogP contribution in [-0.2, 0) is 9.53 Å². The summed E-state index contributed by atoms with van der Waals surface area (Å²) in [6, 6.07) is 7.04. The van der Waals surface area contributed by atoms with Gasteiger partial charge in [0.1, 0.15) is 6.61 Å². The van der Waals surface area contributed by atoms with Gasteiger partial charge in [0.2, 0.25) is 5.91 Å². The van der Waals surface area contributed by atoms with Crippen LogP contribution in [0.5, 0.6) is 0 Å². The summed E-state index contributed by atoms with van der Waals surface area (Å²) >= 11 is 0. The van der Waals surface area contributed by atoms with Crippen LogP contribution in [-0.4, -0.2) is 31.8 Å². The third kappa shape index (κ3) is 8.33. The molecule has 0 aromatic heterocycles. The molecule has 1 aromatic rings. The van der Waals surface area contributed by atoms with Gasteiger partial charge in [-0.05, 0) is 31.2 Å². The Bertz CT molecular complexity index is 403. The number of carbonyl (C=O) groups is 1. The number of aliphatic imine (C=N–C) groups is 1. The summed E-state index contributed by atoms with van der Waals surface area (Å²) in [7, 11) is 0. The van der Waals surface area contributed by atoms with E-state index in [1.165, 1.54) is 6.34 Å². The minimum atomic E-state index is -0.170. The highest BCUT2D eigenvalue weighted by molar-refractivity contribution is 5.91. The molecule has 0 aliphatic heterocycles. The highest BCUT2D eigenvalue weighted by Gasteiger charge is 2.01. The lowest BCUT2D eigenvalue weighted by Gasteiger charge is -2.05. The minimum Gasteiger partial charge on any atom is -0.390 e. The fraction of sp³-hybridized carbons (Fsp3) is 0.250. The van der Waals surface area contributed by atoms with Crippen molar-refractivity contribution in [3.63, 3.8) is 0 Å². The van der Waals surface area contributed by atoms with Crippen molar-refractivity contribution in [3.05, 3.63) is 24.3 Å². The van der Waals surface area contributed by atoms with Gasteiger partial charge in [0.15, 0.2) is 0 Å². The van der Waals surface area contributed by atoms with E-state index in [1.807, 2.05) is 6.92 Å². The summed E-state index contributed by atoms with van der Waals surface area (Å²) in [5.74, 6) is -0.170. The number of amides is 1. The van der Waals surface area contributed by atoms with E-state index in [0.29, 0.717) is 12.3 Å². The van der Waals surface area contributed by atoms with Crippen molar-refractivity contribution in [3.8, 4) is 0 Å². The lowest BCUT2D eigenvalue weighted by Crippen LogP contribution is -2.17. The van der Waals surface area contributed by atoms with Crippen LogP contribution in [0.25, 0.3) is 0 Å². The van der Waals surface area contributed by atoms with Crippen LogP contribution in [0, 0.1) is 5.41 Å². The zero-order valence-corrected chi connectivity index (χ0v) is 10.8. The lowest BCUT2D eigenvalue weighted by atomic mass is 10.3. The first-order chi connectivity index (χ1) is 9.17. The first-order valence-electron chi connectivity index (χ1n) is 5.60. The fourth-order valence-electron chi connectivity index (χ4n) is 1.11. The smallest absolute Gasteiger partial charge is 0.250 e. The molecule has 0 radical (unpaired) electrons. The summed E-state index contributed by atoms with van der Waals surface area (Å²) in [5, 5.41) is 8.56. The molecule has 19 heavy (non-hydrogen) atoms. The number of hydrogen-bond acceptors (Lipinski definition) is 4. The van der Waals surface area contributed by atoms with E-state index in [-0.39, 0.29) is 12.5 Å². The standard InChI is InChI=1S/C11H15N3O2.CH4N2/c1-2-16-7-11(15)14-10-5-3-9(4-6-10)13-8-12;2-1-3/h3-6,8H,2,7H2,1H3,(H2,12,13)(H,14,15);1H,(H3,2,3). The molecule has 0 heterocycles. The van der Waals surface area contributed by atoms with Crippen molar-refractivity contribution in [2.75, 3.05) is 18.5 Å². The molecule has 0 saturated heterocycles. The highest BCUT2D eigenvalue weighted by Crippen LogP contribution is 2.15. The van der Waals surface area contributed by atoms with Gasteiger partial charge < -0.3 is 21.5 Å². The first kappa shape index (κ1) is 16.6. The molecule has 7 nitrogen and oxygen atoms in total. The molecule has 0 saturated carbocycles. The number of nitrogens with one attached hydrogen (secondary N) is 2. The lowest BCUT2D eigenvalue weighted by molar-refractivity contribution is -0.120. The number of anilines is 1. The van der Waals surface area contributed by atoms with Gasteiger partial charge in [0, 0.05) is 12.3 Å². The number of rotatable bonds is 5. The van der Waals surface area contributed by atoms with E-state index < -0.39 is 0 Å². The molecule has 0 atom stereocenters. The van der Waals surface area contributed by atoms with E-state index in [4.69, 9.17) is 15.9 Å². The van der Waals surface area contributed by atoms with E-state index >= 15 is 0 Å². The van der Waals surface area contributed by atoms with E-state index in [2.05, 4.69) is 16.0 Å². The average Bonchev–Trinajstić information content (AvgIpc) is 2.40. The summed E-state index contributed by atoms with van der Waals surface area (Å²) in [6.07, 6.45) is 1.97. The minimum absolute atomic E-state index is 0.0687. The summed E-state index contributed by atoms with van der Waals surface area (Å²) in [4.78, 5) is 15.2. The summed E-state index contributed by atoms with van der Waals surface area (Å²) < 4.78 is 4.98. The Balaban J connectivity index is 0.000000982. The fourth-order valence-corrected chi connectivity index (χ4v) is 1.11. The van der Waals surface area contributed by atoms with Crippen molar-refractivity contribution in [2.45, 2.75) is 6.92 Å². The highest BCUT2D eigenvalue weighted by atomic mass is 16.5. The Morgan fingerprint density at radius 1 is 1.42 bits per heavy atom. The molecule has 0 bridgehead atoms. The van der Waals surface area contributed by atoms with Gasteiger partial charge in [-0.2, -0.15) is 0 Å². The molecule has 1 aromatic carbocycles. The molecular formula is C12H19N5O2. The van der Waals surface area contributed by atoms with Crippen molar-refractivity contribution in [2.24, 2.45) is 16.5 Å². The number of nitrogens with two attached hydrogens (primary N) is 2. The molecule has 0 unspecified atom stereocenters. The topological polar surface area (TPSA) is 127 Å². The van der Waals surface area contributed by atoms with Gasteiger partial charge in [-0.25, -0.2) is 4.99 Å². The van der Waals surface area contributed by atoms with Crippen LogP contribution in [0.3, 0.4) is 0 Å². The number of nitrogens with zero attached hydrogens (tertiary/aromatic N) is 1. The third-order valence-electron chi connectivity index (χ3n) is 1.81. The van der Waals surface area contributed by atoms with E-state index in [1.54, 1.807) is 24.3 Å². The molecule has 104 valence electrons. The van der Waals surface area contributed by atoms with Crippen molar-refractivity contribution >= 4 is 30.0 Å². The quantitative estimate of drug-likeness (QED) is 0.464. The van der Waals surface area contributed by atoms with Gasteiger partial charge in [-0.3, -0.25) is 10.2 Å². The molecule has 0 spiro atoms. The predicted octanol–water partition coefficient (Wildman–Crippen LogP) is 0.832. The largest absolute Gasteiger partial charge is 0.390 e. The summed E-state index contributed by atoms with van der Waals surface area (Å²) in [6.45, 7) is 2.43. The Labute approximate surface area is 112 Å². The first-order valence-corrected chi connectivity index (χ1v) is 5.60. The number of hydrogen-bond donors (Lipinski definition) is 4. The normalized spacial score (nSPS) is 9.53. The van der Waals surface area contributed by atoms with Crippen molar-refractivity contribution in [1.29, 1.82) is 5.41 Å². The van der Waals surface area contributed by atoms with Crippen molar-refractivity contribution < 1.29 is 9.53 Å². The second-order valence-corrected chi connectivity index (χ2v) is 3.18. The Morgan fingerprint density at radius 2 is 2.00 bits per heavy atom. The molecule has 0 aliphatic carbocycles. The van der Waals surface area contributed by atoms with Crippen LogP contribution in [0.4, 0.5) is 11.4 Å².